The lowest BCUT2D eigenvalue weighted by molar-refractivity contribution is -0.167. The highest BCUT2D eigenvalue weighted by atomic mass is 16.6. The van der Waals surface area contributed by atoms with Crippen molar-refractivity contribution in [3.05, 3.63) is 60.8 Å². The van der Waals surface area contributed by atoms with Gasteiger partial charge in [0.15, 0.2) is 6.10 Å². The van der Waals surface area contributed by atoms with Gasteiger partial charge in [0, 0.05) is 19.3 Å². The first-order chi connectivity index (χ1) is 40.5. The topological polar surface area (TPSA) is 78.9 Å². The average Bonchev–Trinajstić information content (AvgIpc) is 3.47. The van der Waals surface area contributed by atoms with Crippen molar-refractivity contribution < 1.29 is 28.6 Å². The summed E-state index contributed by atoms with van der Waals surface area (Å²) in [7, 11) is 0. The molecule has 0 spiro atoms. The second-order valence-electron chi connectivity index (χ2n) is 24.5. The minimum atomic E-state index is -0.785. The molecule has 0 radical (unpaired) electrons. The summed E-state index contributed by atoms with van der Waals surface area (Å²) in [6.07, 6.45) is 91.1. The Morgan fingerprint density at radius 2 is 0.439 bits per heavy atom. The Morgan fingerprint density at radius 1 is 0.244 bits per heavy atom. The summed E-state index contributed by atoms with van der Waals surface area (Å²) in [5, 5.41) is 0. The van der Waals surface area contributed by atoms with E-state index in [2.05, 4.69) is 81.5 Å². The van der Waals surface area contributed by atoms with Crippen LogP contribution < -0.4 is 0 Å². The highest BCUT2D eigenvalue weighted by Gasteiger charge is 2.19. The molecular weight excluding hydrogens is 1010 g/mol. The second kappa shape index (κ2) is 70.6. The van der Waals surface area contributed by atoms with E-state index in [4.69, 9.17) is 14.2 Å². The van der Waals surface area contributed by atoms with E-state index in [0.29, 0.717) is 19.3 Å². The molecule has 82 heavy (non-hydrogen) atoms. The van der Waals surface area contributed by atoms with Gasteiger partial charge in [-0.2, -0.15) is 0 Å². The maximum atomic E-state index is 13.0. The zero-order valence-corrected chi connectivity index (χ0v) is 55.0. The predicted octanol–water partition coefficient (Wildman–Crippen LogP) is 25.1. The Bertz CT molecular complexity index is 1460. The first-order valence-corrected chi connectivity index (χ1v) is 36.3. The van der Waals surface area contributed by atoms with Gasteiger partial charge in [-0.25, -0.2) is 0 Å². The Kier molecular flexibility index (Phi) is 68.1. The van der Waals surface area contributed by atoms with Crippen LogP contribution in [0.15, 0.2) is 60.8 Å². The van der Waals surface area contributed by atoms with Crippen LogP contribution in [0.1, 0.15) is 387 Å². The maximum Gasteiger partial charge on any atom is 0.306 e. The summed E-state index contributed by atoms with van der Waals surface area (Å²) in [4.78, 5) is 38.5. The Morgan fingerprint density at radius 3 is 0.707 bits per heavy atom. The molecule has 0 aliphatic carbocycles. The third-order valence-corrected chi connectivity index (χ3v) is 16.2. The summed E-state index contributed by atoms with van der Waals surface area (Å²) < 4.78 is 17.0. The molecule has 6 nitrogen and oxygen atoms in total. The summed E-state index contributed by atoms with van der Waals surface area (Å²) >= 11 is 0. The van der Waals surface area contributed by atoms with Gasteiger partial charge in [-0.1, -0.05) is 338 Å². The Hall–Kier alpha value is -2.89. The number of carbonyl (C=O) groups is 3. The molecule has 0 aromatic carbocycles. The minimum absolute atomic E-state index is 0.0783. The smallest absolute Gasteiger partial charge is 0.306 e. The Balaban J connectivity index is 4.29. The standard InChI is InChI=1S/C76H138O6/c1-4-7-10-13-16-19-22-25-28-30-32-34-36-37-38-40-41-43-45-48-51-54-57-60-63-66-69-75(78)81-72-73(71-80-74(77)68-65-62-59-56-53-50-47-27-24-21-18-15-12-9-6-3)82-76(79)70-67-64-61-58-55-52-49-46-44-42-39-35-33-31-29-26-23-20-17-14-11-8-5-2/h18,21,23,26-27,31,33,39,42,47,73H,4-17,19-20,22,24-25,28-30,32,34-38,40-41,43-46,48-72H2,1-3H3/b21-18-,26-23-,33-31-,42-39-,47-27-. The van der Waals surface area contributed by atoms with Crippen molar-refractivity contribution in [2.45, 2.75) is 393 Å². The van der Waals surface area contributed by atoms with Crippen LogP contribution >= 0.6 is 0 Å². The number of carbonyl (C=O) groups excluding carboxylic acids is 3. The molecule has 0 rings (SSSR count). The maximum absolute atomic E-state index is 13.0. The molecule has 0 amide bonds. The number of allylic oxidation sites excluding steroid dienone is 10. The van der Waals surface area contributed by atoms with E-state index >= 15 is 0 Å². The largest absolute Gasteiger partial charge is 0.462 e. The zero-order valence-electron chi connectivity index (χ0n) is 55.0. The third-order valence-electron chi connectivity index (χ3n) is 16.2. The fourth-order valence-electron chi connectivity index (χ4n) is 10.8. The summed E-state index contributed by atoms with van der Waals surface area (Å²) in [5.41, 5.74) is 0. The molecule has 0 bridgehead atoms. The summed E-state index contributed by atoms with van der Waals surface area (Å²) in [5.74, 6) is -0.876. The second-order valence-corrected chi connectivity index (χ2v) is 24.5. The molecule has 1 atom stereocenters. The van der Waals surface area contributed by atoms with Crippen LogP contribution in [0.3, 0.4) is 0 Å². The molecular formula is C76H138O6. The SMILES string of the molecule is CCCCC/C=C\C/C=C\CCCCCCCC(=O)OCC(COC(=O)CCCCCCCCCCCCCCCCCCCCCCCCCCCC)OC(=O)CCCCCCCCCC/C=C\C/C=C\C/C=C\CCCCCCC. The number of hydrogen-bond donors (Lipinski definition) is 0. The van der Waals surface area contributed by atoms with Crippen LogP contribution in [0.5, 0.6) is 0 Å². The number of ether oxygens (including phenoxy) is 3. The van der Waals surface area contributed by atoms with E-state index in [-0.39, 0.29) is 31.1 Å². The van der Waals surface area contributed by atoms with Crippen molar-refractivity contribution in [1.29, 1.82) is 0 Å². The molecule has 0 aliphatic rings. The molecule has 0 saturated carbocycles. The molecule has 478 valence electrons. The lowest BCUT2D eigenvalue weighted by Crippen LogP contribution is -2.30. The fraction of sp³-hybridized carbons (Fsp3) is 0.829. The molecule has 6 heteroatoms. The van der Waals surface area contributed by atoms with Gasteiger partial charge in [0.2, 0.25) is 0 Å². The van der Waals surface area contributed by atoms with E-state index < -0.39 is 6.10 Å². The van der Waals surface area contributed by atoms with Crippen LogP contribution in [-0.2, 0) is 28.6 Å². The zero-order chi connectivity index (χ0) is 59.2. The highest BCUT2D eigenvalue weighted by Crippen LogP contribution is 2.18. The molecule has 0 fully saturated rings. The molecule has 0 aliphatic heterocycles. The van der Waals surface area contributed by atoms with E-state index in [1.54, 1.807) is 0 Å². The average molecular weight is 1150 g/mol. The van der Waals surface area contributed by atoms with Gasteiger partial charge in [-0.05, 0) is 89.9 Å². The monoisotopic (exact) mass is 1150 g/mol. The number of hydrogen-bond acceptors (Lipinski definition) is 6. The number of unbranched alkanes of at least 4 members (excludes halogenated alkanes) is 46. The van der Waals surface area contributed by atoms with E-state index in [0.717, 1.165) is 96.3 Å². The van der Waals surface area contributed by atoms with Crippen LogP contribution in [0.4, 0.5) is 0 Å². The molecule has 1 unspecified atom stereocenters. The lowest BCUT2D eigenvalue weighted by Gasteiger charge is -2.18. The van der Waals surface area contributed by atoms with Crippen LogP contribution in [-0.4, -0.2) is 37.2 Å². The van der Waals surface area contributed by atoms with Crippen molar-refractivity contribution in [3.63, 3.8) is 0 Å². The first kappa shape index (κ1) is 79.1. The predicted molar refractivity (Wildman–Crippen MR) is 358 cm³/mol. The summed E-state index contributed by atoms with van der Waals surface area (Å²) in [6, 6.07) is 0. The van der Waals surface area contributed by atoms with Gasteiger partial charge in [0.05, 0.1) is 0 Å². The third kappa shape index (κ3) is 67.9. The molecule has 0 aromatic rings. The van der Waals surface area contributed by atoms with E-state index in [1.807, 2.05) is 0 Å². The normalized spacial score (nSPS) is 12.4. The van der Waals surface area contributed by atoms with Gasteiger partial charge >= 0.3 is 17.9 Å². The van der Waals surface area contributed by atoms with Crippen molar-refractivity contribution >= 4 is 17.9 Å². The van der Waals surface area contributed by atoms with Gasteiger partial charge in [-0.15, -0.1) is 0 Å². The van der Waals surface area contributed by atoms with E-state index in [9.17, 15) is 14.4 Å². The Labute approximate surface area is 510 Å². The molecule has 0 aromatic heterocycles. The molecule has 0 heterocycles. The van der Waals surface area contributed by atoms with Crippen molar-refractivity contribution in [3.8, 4) is 0 Å². The van der Waals surface area contributed by atoms with Crippen molar-refractivity contribution in [2.75, 3.05) is 13.2 Å². The fourth-order valence-corrected chi connectivity index (χ4v) is 10.8. The minimum Gasteiger partial charge on any atom is -0.462 e. The highest BCUT2D eigenvalue weighted by molar-refractivity contribution is 5.71. The molecule has 0 saturated heterocycles. The summed E-state index contributed by atoms with van der Waals surface area (Å²) in [6.45, 7) is 6.65. The van der Waals surface area contributed by atoms with Gasteiger partial charge in [0.25, 0.3) is 0 Å². The number of rotatable bonds is 67. The van der Waals surface area contributed by atoms with Gasteiger partial charge < -0.3 is 14.2 Å². The quantitative estimate of drug-likeness (QED) is 0.0261. The first-order valence-electron chi connectivity index (χ1n) is 36.3. The van der Waals surface area contributed by atoms with Crippen molar-refractivity contribution in [2.24, 2.45) is 0 Å². The van der Waals surface area contributed by atoms with Gasteiger partial charge in [0.1, 0.15) is 13.2 Å². The molecule has 0 N–H and O–H groups in total. The van der Waals surface area contributed by atoms with Crippen LogP contribution in [0.2, 0.25) is 0 Å². The number of esters is 3. The van der Waals surface area contributed by atoms with Crippen LogP contribution in [0.25, 0.3) is 0 Å². The van der Waals surface area contributed by atoms with Gasteiger partial charge in [-0.3, -0.25) is 14.4 Å². The van der Waals surface area contributed by atoms with E-state index in [1.165, 1.54) is 250 Å². The van der Waals surface area contributed by atoms with Crippen molar-refractivity contribution in [1.82, 2.24) is 0 Å². The van der Waals surface area contributed by atoms with Crippen LogP contribution in [0, 0.1) is 0 Å². The lowest BCUT2D eigenvalue weighted by atomic mass is 10.0.